The second-order valence-electron chi connectivity index (χ2n) is 8.50. The van der Waals surface area contributed by atoms with Crippen LogP contribution in [0.25, 0.3) is 21.5 Å². The summed E-state index contributed by atoms with van der Waals surface area (Å²) in [5.41, 5.74) is 5.46. The molecule has 7 rings (SSSR count). The lowest BCUT2D eigenvalue weighted by Crippen LogP contribution is -2.14. The molecule has 6 aromatic rings. The van der Waals surface area contributed by atoms with Gasteiger partial charge in [-0.1, -0.05) is 48.5 Å². The molecule has 0 fully saturated rings. The Morgan fingerprint density at radius 1 is 0.417 bits per heavy atom. The topological polar surface area (TPSA) is 76.3 Å². The highest BCUT2D eigenvalue weighted by molar-refractivity contribution is 6.21. The quantitative estimate of drug-likeness (QED) is 0.305. The smallest absolute Gasteiger partial charge is 0.117 e. The predicted molar refractivity (Wildman–Crippen MR) is 143 cm³/mol. The first-order chi connectivity index (χ1) is 17.8. The number of hydrogen-bond donors (Lipinski definition) is 0. The molecule has 0 bridgehead atoms. The van der Waals surface area contributed by atoms with Crippen LogP contribution >= 0.6 is 0 Å². The molecule has 0 amide bonds. The molecule has 168 valence electrons. The molecule has 1 aliphatic heterocycles. The Hall–Kier alpha value is -5.10. The number of pyridine rings is 4. The van der Waals surface area contributed by atoms with E-state index in [2.05, 4.69) is 12.1 Å². The summed E-state index contributed by atoms with van der Waals surface area (Å²) >= 11 is 0. The van der Waals surface area contributed by atoms with Crippen LogP contribution in [0.2, 0.25) is 0 Å². The van der Waals surface area contributed by atoms with E-state index in [4.69, 9.17) is 29.9 Å². The average molecular weight is 463 g/mol. The van der Waals surface area contributed by atoms with E-state index in [1.54, 1.807) is 12.4 Å². The van der Waals surface area contributed by atoms with Crippen molar-refractivity contribution in [2.45, 2.75) is 0 Å². The molecule has 6 nitrogen and oxygen atoms in total. The molecule has 6 heteroatoms. The molecule has 4 aromatic heterocycles. The predicted octanol–water partition coefficient (Wildman–Crippen LogP) is 6.22. The van der Waals surface area contributed by atoms with Crippen molar-refractivity contribution in [3.8, 4) is 0 Å². The van der Waals surface area contributed by atoms with Gasteiger partial charge in [0.05, 0.1) is 22.8 Å². The lowest BCUT2D eigenvalue weighted by Gasteiger charge is -2.16. The van der Waals surface area contributed by atoms with Crippen molar-refractivity contribution in [1.29, 1.82) is 0 Å². The summed E-state index contributed by atoms with van der Waals surface area (Å²) in [4.78, 5) is 29.0. The number of benzene rings is 2. The first kappa shape index (κ1) is 20.3. The summed E-state index contributed by atoms with van der Waals surface area (Å²) in [6, 6.07) is 28.0. The third-order valence-corrected chi connectivity index (χ3v) is 6.23. The maximum absolute atomic E-state index is 5.08. The standard InChI is InChI=1S/C30H18N6/c1-3-9-21-17-33-25(15-19(21)7-1)29-27-23(11-5-13-31-27)36-30(28-24(35-29)12-6-14-32-28)26-16-20-8-2-4-10-22(20)18-34-26/h1-18H/b29-27?,30-28?,35-24?,35-29-,36-23?,36-30-. The van der Waals surface area contributed by atoms with Crippen molar-refractivity contribution in [1.82, 2.24) is 19.9 Å². The van der Waals surface area contributed by atoms with Gasteiger partial charge in [-0.15, -0.1) is 0 Å². The summed E-state index contributed by atoms with van der Waals surface area (Å²) in [5, 5.41) is 4.30. The minimum Gasteiger partial charge on any atom is -0.254 e. The summed E-state index contributed by atoms with van der Waals surface area (Å²) in [6.07, 6.45) is 7.24. The molecular formula is C30H18N6. The normalized spacial score (nSPS) is 15.7. The molecule has 5 heterocycles. The fourth-order valence-corrected chi connectivity index (χ4v) is 4.47. The molecule has 2 aromatic carbocycles. The lowest BCUT2D eigenvalue weighted by molar-refractivity contribution is 1.19. The second kappa shape index (κ2) is 8.29. The first-order valence-corrected chi connectivity index (χ1v) is 11.6. The zero-order valence-electron chi connectivity index (χ0n) is 19.1. The Morgan fingerprint density at radius 3 is 1.33 bits per heavy atom. The monoisotopic (exact) mass is 462 g/mol. The number of hydrogen-bond acceptors (Lipinski definition) is 6. The summed E-state index contributed by atoms with van der Waals surface area (Å²) in [6.45, 7) is 0. The van der Waals surface area contributed by atoms with Crippen LogP contribution in [-0.2, 0) is 0 Å². The number of aliphatic imine (C=N–C) groups is 2. The average Bonchev–Trinajstić information content (AvgIpc) is 2.94. The van der Waals surface area contributed by atoms with Crippen LogP contribution < -0.4 is 0 Å². The Bertz CT molecular complexity index is 1720. The second-order valence-corrected chi connectivity index (χ2v) is 8.50. The zero-order valence-corrected chi connectivity index (χ0v) is 19.1. The maximum atomic E-state index is 5.08. The molecular weight excluding hydrogens is 444 g/mol. The van der Waals surface area contributed by atoms with Crippen molar-refractivity contribution in [2.75, 3.05) is 0 Å². The van der Waals surface area contributed by atoms with E-state index >= 15 is 0 Å². The van der Waals surface area contributed by atoms with Gasteiger partial charge in [-0.25, -0.2) is 9.98 Å². The molecule has 0 saturated carbocycles. The number of nitrogens with zero attached hydrogens (tertiary/aromatic N) is 6. The Kier molecular flexibility index (Phi) is 4.67. The molecule has 0 spiro atoms. The SMILES string of the molecule is c1cnc2c(c1)/N=C(/c1cc3ccccc3cn1)c1ncccc1/N=C\2c1cc2ccccc2cn1. The minimum atomic E-state index is 0.653. The fraction of sp³-hybridized carbons (Fsp3) is 0. The van der Waals surface area contributed by atoms with Gasteiger partial charge in [0.2, 0.25) is 0 Å². The van der Waals surface area contributed by atoms with Gasteiger partial charge in [0.1, 0.15) is 22.8 Å². The lowest BCUT2D eigenvalue weighted by atomic mass is 10.0. The van der Waals surface area contributed by atoms with Crippen LogP contribution in [0.3, 0.4) is 0 Å². The van der Waals surface area contributed by atoms with Gasteiger partial charge in [0.15, 0.2) is 0 Å². The maximum Gasteiger partial charge on any atom is 0.117 e. The molecule has 36 heavy (non-hydrogen) atoms. The first-order valence-electron chi connectivity index (χ1n) is 11.6. The molecule has 1 aliphatic rings. The molecule has 0 saturated heterocycles. The summed E-state index contributed by atoms with van der Waals surface area (Å²) in [5.74, 6) is 0. The van der Waals surface area contributed by atoms with Gasteiger partial charge in [-0.3, -0.25) is 19.9 Å². The van der Waals surface area contributed by atoms with Crippen molar-refractivity contribution in [2.24, 2.45) is 9.98 Å². The van der Waals surface area contributed by atoms with Crippen LogP contribution in [0.15, 0.2) is 120 Å². The number of aromatic nitrogens is 4. The van der Waals surface area contributed by atoms with Crippen LogP contribution in [0.1, 0.15) is 22.8 Å². The largest absolute Gasteiger partial charge is 0.254 e. The highest BCUT2D eigenvalue weighted by Gasteiger charge is 2.23. The van der Waals surface area contributed by atoms with Gasteiger partial charge in [0.25, 0.3) is 0 Å². The van der Waals surface area contributed by atoms with Crippen molar-refractivity contribution < 1.29 is 0 Å². The van der Waals surface area contributed by atoms with E-state index < -0.39 is 0 Å². The van der Waals surface area contributed by atoms with Gasteiger partial charge in [-0.2, -0.15) is 0 Å². The minimum absolute atomic E-state index is 0.653. The van der Waals surface area contributed by atoms with E-state index in [1.165, 1.54) is 0 Å². The highest BCUT2D eigenvalue weighted by atomic mass is 14.9. The van der Waals surface area contributed by atoms with Crippen LogP contribution in [0, 0.1) is 0 Å². The fourth-order valence-electron chi connectivity index (χ4n) is 4.47. The van der Waals surface area contributed by atoms with Gasteiger partial charge in [-0.05, 0) is 47.2 Å². The van der Waals surface area contributed by atoms with Gasteiger partial charge < -0.3 is 0 Å². The third-order valence-electron chi connectivity index (χ3n) is 6.23. The van der Waals surface area contributed by atoms with E-state index in [1.807, 2.05) is 85.2 Å². The molecule has 0 aliphatic carbocycles. The zero-order chi connectivity index (χ0) is 23.9. The molecule has 0 unspecified atom stereocenters. The third kappa shape index (κ3) is 3.44. The summed E-state index contributed by atoms with van der Waals surface area (Å²) < 4.78 is 0. The molecule has 0 N–H and O–H groups in total. The number of fused-ring (bicyclic) bond motifs is 4. The van der Waals surface area contributed by atoms with Crippen molar-refractivity contribution in [3.05, 3.63) is 132 Å². The van der Waals surface area contributed by atoms with E-state index in [0.29, 0.717) is 34.2 Å². The Morgan fingerprint density at radius 2 is 0.861 bits per heavy atom. The highest BCUT2D eigenvalue weighted by Crippen LogP contribution is 2.31. The van der Waals surface area contributed by atoms with Gasteiger partial charge in [0, 0.05) is 35.6 Å². The molecule has 0 atom stereocenters. The Balaban J connectivity index is 1.48. The number of rotatable bonds is 2. The van der Waals surface area contributed by atoms with E-state index in [-0.39, 0.29) is 0 Å². The van der Waals surface area contributed by atoms with Crippen LogP contribution in [0.5, 0.6) is 0 Å². The Labute approximate surface area is 206 Å². The van der Waals surface area contributed by atoms with Gasteiger partial charge >= 0.3 is 0 Å². The van der Waals surface area contributed by atoms with Crippen molar-refractivity contribution >= 4 is 44.3 Å². The van der Waals surface area contributed by atoms with E-state index in [9.17, 15) is 0 Å². The van der Waals surface area contributed by atoms with E-state index in [0.717, 1.165) is 32.9 Å². The summed E-state index contributed by atoms with van der Waals surface area (Å²) in [7, 11) is 0. The van der Waals surface area contributed by atoms with Crippen LogP contribution in [-0.4, -0.2) is 31.4 Å². The van der Waals surface area contributed by atoms with Crippen molar-refractivity contribution in [3.63, 3.8) is 0 Å². The van der Waals surface area contributed by atoms with Crippen LogP contribution in [0.4, 0.5) is 11.4 Å². The molecule has 0 radical (unpaired) electrons.